The van der Waals surface area contributed by atoms with E-state index in [4.69, 9.17) is 23.2 Å². The van der Waals surface area contributed by atoms with Crippen LogP contribution in [0.3, 0.4) is 0 Å². The average molecular weight is 306 g/mol. The Labute approximate surface area is 116 Å². The maximum absolute atomic E-state index is 13.7. The Morgan fingerprint density at radius 3 is 2.94 bits per heavy atom. The SMILES string of the molecule is O=C(CCl)Nc1nnc(-c2cccc(Cl)c2F)s1. The van der Waals surface area contributed by atoms with Crippen LogP contribution in [0.25, 0.3) is 10.6 Å². The minimum absolute atomic E-state index is 0.00837. The largest absolute Gasteiger partial charge is 0.299 e. The van der Waals surface area contributed by atoms with Crippen LogP contribution < -0.4 is 5.32 Å². The van der Waals surface area contributed by atoms with Gasteiger partial charge in [0.2, 0.25) is 11.0 Å². The molecule has 0 spiro atoms. The van der Waals surface area contributed by atoms with Crippen LogP contribution in [-0.2, 0) is 4.79 Å². The zero-order chi connectivity index (χ0) is 13.1. The second kappa shape index (κ2) is 5.60. The van der Waals surface area contributed by atoms with Crippen molar-refractivity contribution in [2.45, 2.75) is 0 Å². The van der Waals surface area contributed by atoms with Gasteiger partial charge < -0.3 is 0 Å². The fourth-order valence-corrected chi connectivity index (χ4v) is 2.22. The Morgan fingerprint density at radius 1 is 1.44 bits per heavy atom. The number of nitrogens with one attached hydrogen (secondary N) is 1. The summed E-state index contributed by atoms with van der Waals surface area (Å²) in [6.45, 7) is 0. The van der Waals surface area contributed by atoms with E-state index < -0.39 is 11.7 Å². The van der Waals surface area contributed by atoms with Crippen LogP contribution in [-0.4, -0.2) is 22.0 Å². The van der Waals surface area contributed by atoms with Crippen molar-refractivity contribution in [3.63, 3.8) is 0 Å². The first kappa shape index (κ1) is 13.2. The standard InChI is InChI=1S/C10H6Cl2FN3OS/c11-4-7(17)14-10-16-15-9(18-10)5-2-1-3-6(12)8(5)13/h1-3H,4H2,(H,14,16,17). The molecule has 18 heavy (non-hydrogen) atoms. The Bertz CT molecular complexity index is 590. The highest BCUT2D eigenvalue weighted by Gasteiger charge is 2.14. The molecule has 1 amide bonds. The molecule has 8 heteroatoms. The van der Waals surface area contributed by atoms with Gasteiger partial charge in [0.05, 0.1) is 5.02 Å². The van der Waals surface area contributed by atoms with Gasteiger partial charge in [0.25, 0.3) is 0 Å². The molecule has 0 saturated heterocycles. The van der Waals surface area contributed by atoms with Crippen molar-refractivity contribution in [1.82, 2.24) is 10.2 Å². The summed E-state index contributed by atoms with van der Waals surface area (Å²) in [5.74, 6) is -1.14. The number of aromatic nitrogens is 2. The first-order valence-electron chi connectivity index (χ1n) is 4.75. The lowest BCUT2D eigenvalue weighted by atomic mass is 10.2. The lowest BCUT2D eigenvalue weighted by Gasteiger charge is -1.99. The Balaban J connectivity index is 2.29. The van der Waals surface area contributed by atoms with Crippen LogP contribution in [0.1, 0.15) is 0 Å². The molecule has 0 saturated carbocycles. The predicted molar refractivity (Wildman–Crippen MR) is 69.7 cm³/mol. The van der Waals surface area contributed by atoms with Crippen LogP contribution in [0, 0.1) is 5.82 Å². The molecule has 2 rings (SSSR count). The van der Waals surface area contributed by atoms with E-state index >= 15 is 0 Å². The Kier molecular flexibility index (Phi) is 4.11. The molecule has 0 fully saturated rings. The summed E-state index contributed by atoms with van der Waals surface area (Å²) in [4.78, 5) is 11.0. The van der Waals surface area contributed by atoms with Crippen LogP contribution >= 0.6 is 34.5 Å². The first-order chi connectivity index (χ1) is 8.61. The van der Waals surface area contributed by atoms with Gasteiger partial charge >= 0.3 is 0 Å². The van der Waals surface area contributed by atoms with Crippen molar-refractivity contribution in [1.29, 1.82) is 0 Å². The number of hydrogen-bond donors (Lipinski definition) is 1. The van der Waals surface area contributed by atoms with Crippen molar-refractivity contribution in [2.75, 3.05) is 11.2 Å². The summed E-state index contributed by atoms with van der Waals surface area (Å²) in [7, 11) is 0. The number of carbonyl (C=O) groups is 1. The number of alkyl halides is 1. The zero-order valence-corrected chi connectivity index (χ0v) is 11.1. The smallest absolute Gasteiger partial charge is 0.241 e. The van der Waals surface area contributed by atoms with Gasteiger partial charge in [0.1, 0.15) is 5.88 Å². The monoisotopic (exact) mass is 305 g/mol. The number of amides is 1. The number of hydrogen-bond acceptors (Lipinski definition) is 4. The quantitative estimate of drug-likeness (QED) is 0.886. The van der Waals surface area contributed by atoms with Crippen molar-refractivity contribution in [3.8, 4) is 10.6 Å². The number of benzene rings is 1. The zero-order valence-electron chi connectivity index (χ0n) is 8.78. The van der Waals surface area contributed by atoms with E-state index in [-0.39, 0.29) is 21.6 Å². The summed E-state index contributed by atoms with van der Waals surface area (Å²) in [5, 5.41) is 10.5. The average Bonchev–Trinajstić information content (AvgIpc) is 2.80. The Morgan fingerprint density at radius 2 is 2.22 bits per heavy atom. The predicted octanol–water partition coefficient (Wildman–Crippen LogP) is 3.17. The van der Waals surface area contributed by atoms with Gasteiger partial charge in [0, 0.05) is 5.56 Å². The number of rotatable bonds is 3. The van der Waals surface area contributed by atoms with Crippen LogP contribution in [0.5, 0.6) is 0 Å². The van der Waals surface area contributed by atoms with Gasteiger partial charge in [-0.25, -0.2) is 4.39 Å². The molecule has 0 radical (unpaired) electrons. The number of nitrogens with zero attached hydrogens (tertiary/aromatic N) is 2. The van der Waals surface area contributed by atoms with Gasteiger partial charge in [-0.1, -0.05) is 29.0 Å². The highest BCUT2D eigenvalue weighted by atomic mass is 35.5. The van der Waals surface area contributed by atoms with Crippen LogP contribution in [0.15, 0.2) is 18.2 Å². The number of anilines is 1. The Hall–Kier alpha value is -1.24. The number of carbonyl (C=O) groups excluding carboxylic acids is 1. The van der Waals surface area contributed by atoms with Crippen LogP contribution in [0.4, 0.5) is 9.52 Å². The van der Waals surface area contributed by atoms with Gasteiger partial charge in [-0.3, -0.25) is 10.1 Å². The summed E-state index contributed by atoms with van der Waals surface area (Å²) in [5.41, 5.74) is 0.242. The fraction of sp³-hybridized carbons (Fsp3) is 0.100. The van der Waals surface area contributed by atoms with Gasteiger partial charge in [-0.2, -0.15) is 0 Å². The maximum Gasteiger partial charge on any atom is 0.241 e. The van der Waals surface area contributed by atoms with E-state index in [2.05, 4.69) is 15.5 Å². The molecule has 1 aromatic carbocycles. The second-order valence-corrected chi connectivity index (χ2v) is 4.85. The topological polar surface area (TPSA) is 54.9 Å². The molecule has 0 unspecified atom stereocenters. The third-order valence-corrected chi connectivity index (χ3v) is 3.38. The molecule has 0 aliphatic heterocycles. The fourth-order valence-electron chi connectivity index (χ4n) is 1.20. The molecule has 1 aromatic heterocycles. The minimum Gasteiger partial charge on any atom is -0.299 e. The minimum atomic E-state index is -0.564. The van der Waals surface area contributed by atoms with E-state index in [1.54, 1.807) is 6.07 Å². The third-order valence-electron chi connectivity index (χ3n) is 1.97. The van der Waals surface area contributed by atoms with E-state index in [9.17, 15) is 9.18 Å². The normalized spacial score (nSPS) is 10.4. The first-order valence-corrected chi connectivity index (χ1v) is 6.48. The molecule has 94 valence electrons. The van der Waals surface area contributed by atoms with Crippen molar-refractivity contribution < 1.29 is 9.18 Å². The van der Waals surface area contributed by atoms with E-state index in [0.717, 1.165) is 11.3 Å². The number of halogens is 3. The highest BCUT2D eigenvalue weighted by Crippen LogP contribution is 2.31. The van der Waals surface area contributed by atoms with E-state index in [1.807, 2.05) is 0 Å². The highest BCUT2D eigenvalue weighted by molar-refractivity contribution is 7.18. The van der Waals surface area contributed by atoms with Crippen molar-refractivity contribution in [3.05, 3.63) is 29.0 Å². The summed E-state index contributed by atoms with van der Waals surface area (Å²) < 4.78 is 13.7. The molecular formula is C10H6Cl2FN3OS. The molecule has 0 atom stereocenters. The molecule has 0 aliphatic rings. The molecule has 2 aromatic rings. The molecule has 1 heterocycles. The van der Waals surface area contributed by atoms with E-state index in [1.165, 1.54) is 12.1 Å². The summed E-state index contributed by atoms with van der Waals surface area (Å²) in [6, 6.07) is 4.59. The van der Waals surface area contributed by atoms with Crippen molar-refractivity contribution >= 4 is 45.6 Å². The molecule has 0 aliphatic carbocycles. The molecular weight excluding hydrogens is 300 g/mol. The van der Waals surface area contributed by atoms with Gasteiger partial charge in [0.15, 0.2) is 10.8 Å². The molecule has 4 nitrogen and oxygen atoms in total. The van der Waals surface area contributed by atoms with E-state index in [0.29, 0.717) is 5.01 Å². The second-order valence-electron chi connectivity index (χ2n) is 3.20. The molecule has 1 N–H and O–H groups in total. The summed E-state index contributed by atoms with van der Waals surface area (Å²) >= 11 is 12.1. The maximum atomic E-state index is 13.7. The molecule has 0 bridgehead atoms. The lowest BCUT2D eigenvalue weighted by molar-refractivity contribution is -0.113. The summed E-state index contributed by atoms with van der Waals surface area (Å²) in [6.07, 6.45) is 0. The van der Waals surface area contributed by atoms with Crippen LogP contribution in [0.2, 0.25) is 5.02 Å². The third kappa shape index (κ3) is 2.77. The van der Waals surface area contributed by atoms with Gasteiger partial charge in [-0.15, -0.1) is 21.8 Å². The lowest BCUT2D eigenvalue weighted by Crippen LogP contribution is -2.12. The van der Waals surface area contributed by atoms with Gasteiger partial charge in [-0.05, 0) is 12.1 Å². The van der Waals surface area contributed by atoms with Crippen molar-refractivity contribution in [2.24, 2.45) is 0 Å².